The van der Waals surface area contributed by atoms with Crippen LogP contribution in [0, 0.1) is 0 Å². The Labute approximate surface area is 129 Å². The van der Waals surface area contributed by atoms with Gasteiger partial charge in [0.15, 0.2) is 0 Å². The largest absolute Gasteiger partial charge is 0.369 e. The van der Waals surface area contributed by atoms with E-state index in [1.54, 1.807) is 12.3 Å². The van der Waals surface area contributed by atoms with E-state index in [1.807, 2.05) is 16.7 Å². The maximum absolute atomic E-state index is 12.5. The van der Waals surface area contributed by atoms with Crippen molar-refractivity contribution >= 4 is 35.1 Å². The predicted octanol–water partition coefficient (Wildman–Crippen LogP) is 3.13. The number of carbonyl (C=O) groups excluding carboxylic acids is 1. The van der Waals surface area contributed by atoms with Crippen LogP contribution in [0.3, 0.4) is 0 Å². The lowest BCUT2D eigenvalue weighted by Gasteiger charge is -2.33. The van der Waals surface area contributed by atoms with E-state index in [-0.39, 0.29) is 11.9 Å². The minimum absolute atomic E-state index is 0.0224. The van der Waals surface area contributed by atoms with Crippen molar-refractivity contribution in [3.05, 3.63) is 22.8 Å². The first kappa shape index (κ1) is 15.4. The number of nitrogens with one attached hydrogen (secondary N) is 1. The first-order valence-corrected chi connectivity index (χ1v) is 8.45. The molecule has 1 aromatic rings. The number of rotatable bonds is 4. The summed E-state index contributed by atoms with van der Waals surface area (Å²) in [6.45, 7) is 5.77. The van der Waals surface area contributed by atoms with Crippen LogP contribution in [0.4, 0.5) is 5.82 Å². The molecule has 1 N–H and O–H groups in total. The van der Waals surface area contributed by atoms with Gasteiger partial charge in [-0.1, -0.05) is 18.5 Å². The summed E-state index contributed by atoms with van der Waals surface area (Å²) in [6.07, 6.45) is 2.61. The number of nitrogens with zero attached hydrogens (tertiary/aromatic N) is 2. The summed E-state index contributed by atoms with van der Waals surface area (Å²) in [4.78, 5) is 18.7. The third-order valence-corrected chi connectivity index (χ3v) is 4.74. The van der Waals surface area contributed by atoms with E-state index < -0.39 is 0 Å². The lowest BCUT2D eigenvalue weighted by Crippen LogP contribution is -2.44. The van der Waals surface area contributed by atoms with Gasteiger partial charge in [-0.05, 0) is 19.4 Å². The molecule has 1 aromatic heterocycles. The minimum atomic E-state index is 0.0224. The zero-order chi connectivity index (χ0) is 14.5. The van der Waals surface area contributed by atoms with Crippen LogP contribution in [-0.4, -0.2) is 46.4 Å². The number of aromatic nitrogens is 1. The predicted molar refractivity (Wildman–Crippen MR) is 85.9 cm³/mol. The molecule has 6 heteroatoms. The Morgan fingerprint density at radius 2 is 2.45 bits per heavy atom. The van der Waals surface area contributed by atoms with Gasteiger partial charge in [0, 0.05) is 36.8 Å². The van der Waals surface area contributed by atoms with Crippen LogP contribution in [0.1, 0.15) is 30.6 Å². The molecule has 2 heterocycles. The topological polar surface area (TPSA) is 45.2 Å². The molecule has 1 fully saturated rings. The number of pyridine rings is 1. The van der Waals surface area contributed by atoms with Crippen molar-refractivity contribution in [2.75, 3.05) is 29.9 Å². The van der Waals surface area contributed by atoms with Gasteiger partial charge in [0.2, 0.25) is 0 Å². The average molecular weight is 314 g/mol. The van der Waals surface area contributed by atoms with Crippen molar-refractivity contribution in [3.63, 3.8) is 0 Å². The number of thioether (sulfide) groups is 1. The molecule has 1 aliphatic rings. The maximum Gasteiger partial charge on any atom is 0.255 e. The van der Waals surface area contributed by atoms with Gasteiger partial charge in [-0.25, -0.2) is 4.98 Å². The summed E-state index contributed by atoms with van der Waals surface area (Å²) < 4.78 is 0. The van der Waals surface area contributed by atoms with Crippen LogP contribution in [0.2, 0.25) is 5.02 Å². The molecule has 0 aliphatic carbocycles. The highest BCUT2D eigenvalue weighted by molar-refractivity contribution is 7.99. The Morgan fingerprint density at radius 1 is 1.65 bits per heavy atom. The Kier molecular flexibility index (Phi) is 5.54. The highest BCUT2D eigenvalue weighted by Gasteiger charge is 2.25. The Bertz CT molecular complexity index is 483. The summed E-state index contributed by atoms with van der Waals surface area (Å²) in [5.41, 5.74) is 0.566. The fourth-order valence-corrected chi connectivity index (χ4v) is 3.37. The first-order valence-electron chi connectivity index (χ1n) is 6.91. The number of hydrogen-bond acceptors (Lipinski definition) is 4. The molecule has 1 unspecified atom stereocenters. The SMILES string of the molecule is CCCNc1ncc(C(=O)N2CCSCC2C)cc1Cl. The van der Waals surface area contributed by atoms with Gasteiger partial charge in [0.1, 0.15) is 5.82 Å². The third kappa shape index (κ3) is 3.58. The molecule has 0 aromatic carbocycles. The fraction of sp³-hybridized carbons (Fsp3) is 0.571. The lowest BCUT2D eigenvalue weighted by molar-refractivity contribution is 0.0715. The van der Waals surface area contributed by atoms with Gasteiger partial charge < -0.3 is 10.2 Å². The molecular weight excluding hydrogens is 294 g/mol. The van der Waals surface area contributed by atoms with E-state index in [2.05, 4.69) is 24.1 Å². The number of amides is 1. The van der Waals surface area contributed by atoms with E-state index in [0.29, 0.717) is 16.4 Å². The summed E-state index contributed by atoms with van der Waals surface area (Å²) in [5, 5.41) is 3.65. The Balaban J connectivity index is 2.12. The molecule has 0 bridgehead atoms. The fourth-order valence-electron chi connectivity index (χ4n) is 2.12. The van der Waals surface area contributed by atoms with Crippen LogP contribution >= 0.6 is 23.4 Å². The zero-order valence-corrected chi connectivity index (χ0v) is 13.4. The molecule has 2 rings (SSSR count). The lowest BCUT2D eigenvalue weighted by atomic mass is 10.2. The maximum atomic E-state index is 12.5. The number of halogens is 1. The van der Waals surface area contributed by atoms with Crippen LogP contribution in [0.15, 0.2) is 12.3 Å². The summed E-state index contributed by atoms with van der Waals surface area (Å²) in [6, 6.07) is 1.97. The zero-order valence-electron chi connectivity index (χ0n) is 11.9. The van der Waals surface area contributed by atoms with Gasteiger partial charge in [-0.15, -0.1) is 0 Å². The first-order chi connectivity index (χ1) is 9.63. The van der Waals surface area contributed by atoms with Crippen LogP contribution in [-0.2, 0) is 0 Å². The number of carbonyl (C=O) groups is 1. The van der Waals surface area contributed by atoms with E-state index in [1.165, 1.54) is 0 Å². The van der Waals surface area contributed by atoms with Crippen LogP contribution in [0.25, 0.3) is 0 Å². The van der Waals surface area contributed by atoms with Gasteiger partial charge in [0.25, 0.3) is 5.91 Å². The van der Waals surface area contributed by atoms with Crippen molar-refractivity contribution in [3.8, 4) is 0 Å². The van der Waals surface area contributed by atoms with Gasteiger partial charge >= 0.3 is 0 Å². The summed E-state index contributed by atoms with van der Waals surface area (Å²) >= 11 is 8.07. The molecule has 1 atom stereocenters. The molecule has 1 saturated heterocycles. The highest BCUT2D eigenvalue weighted by Crippen LogP contribution is 2.23. The second kappa shape index (κ2) is 7.18. The molecule has 20 heavy (non-hydrogen) atoms. The van der Waals surface area contributed by atoms with Gasteiger partial charge in [-0.3, -0.25) is 4.79 Å². The Hall–Kier alpha value is -0.940. The quantitative estimate of drug-likeness (QED) is 0.927. The second-order valence-corrected chi connectivity index (χ2v) is 6.46. The molecule has 0 spiro atoms. The molecule has 1 aliphatic heterocycles. The number of hydrogen-bond donors (Lipinski definition) is 1. The molecule has 0 radical (unpaired) electrons. The third-order valence-electron chi connectivity index (χ3n) is 3.26. The minimum Gasteiger partial charge on any atom is -0.369 e. The smallest absolute Gasteiger partial charge is 0.255 e. The van der Waals surface area contributed by atoms with Crippen molar-refractivity contribution < 1.29 is 4.79 Å². The van der Waals surface area contributed by atoms with Crippen molar-refractivity contribution in [1.82, 2.24) is 9.88 Å². The standard InChI is InChI=1S/C14H20ClN3OS/c1-3-4-16-13-12(15)7-11(8-17-13)14(19)18-5-6-20-9-10(18)2/h7-8,10H,3-6,9H2,1-2H3,(H,16,17). The van der Waals surface area contributed by atoms with Crippen molar-refractivity contribution in [1.29, 1.82) is 0 Å². The summed E-state index contributed by atoms with van der Waals surface area (Å²) in [7, 11) is 0. The molecule has 110 valence electrons. The second-order valence-electron chi connectivity index (χ2n) is 4.90. The van der Waals surface area contributed by atoms with Crippen LogP contribution < -0.4 is 5.32 Å². The highest BCUT2D eigenvalue weighted by atomic mass is 35.5. The normalized spacial score (nSPS) is 18.9. The molecule has 1 amide bonds. The van der Waals surface area contributed by atoms with E-state index >= 15 is 0 Å². The Morgan fingerprint density at radius 3 is 3.10 bits per heavy atom. The van der Waals surface area contributed by atoms with E-state index in [0.717, 1.165) is 31.0 Å². The number of anilines is 1. The molecule has 4 nitrogen and oxygen atoms in total. The van der Waals surface area contributed by atoms with Crippen LogP contribution in [0.5, 0.6) is 0 Å². The van der Waals surface area contributed by atoms with Gasteiger partial charge in [-0.2, -0.15) is 11.8 Å². The summed E-state index contributed by atoms with van der Waals surface area (Å²) in [5.74, 6) is 2.65. The molecule has 0 saturated carbocycles. The van der Waals surface area contributed by atoms with Crippen molar-refractivity contribution in [2.45, 2.75) is 26.3 Å². The van der Waals surface area contributed by atoms with E-state index in [9.17, 15) is 4.79 Å². The van der Waals surface area contributed by atoms with E-state index in [4.69, 9.17) is 11.6 Å². The van der Waals surface area contributed by atoms with Crippen molar-refractivity contribution in [2.24, 2.45) is 0 Å². The van der Waals surface area contributed by atoms with Gasteiger partial charge in [0.05, 0.1) is 10.6 Å². The monoisotopic (exact) mass is 313 g/mol. The average Bonchev–Trinajstić information content (AvgIpc) is 2.46. The molecular formula is C14H20ClN3OS.